The van der Waals surface area contributed by atoms with Crippen LogP contribution in [0.15, 0.2) is 133 Å². The molecule has 2 fully saturated rings. The molecule has 7 nitrogen and oxygen atoms in total. The zero-order chi connectivity index (χ0) is 38.3. The molecule has 55 heavy (non-hydrogen) atoms. The molecular formula is C47H53N3O4S. The van der Waals surface area contributed by atoms with Crippen molar-refractivity contribution in [3.8, 4) is 0 Å². The summed E-state index contributed by atoms with van der Waals surface area (Å²) in [6.07, 6.45) is 4.21. The highest BCUT2D eigenvalue weighted by molar-refractivity contribution is 8.00. The van der Waals surface area contributed by atoms with Crippen LogP contribution in [0.4, 0.5) is 0 Å². The number of piperazine rings is 1. The van der Waals surface area contributed by atoms with Crippen LogP contribution in [0.3, 0.4) is 0 Å². The maximum Gasteiger partial charge on any atom is 0.254 e. The number of carbonyl (C=O) groups is 2. The number of rotatable bonds is 16. The average molecular weight is 756 g/mol. The van der Waals surface area contributed by atoms with Crippen LogP contribution >= 0.6 is 11.8 Å². The van der Waals surface area contributed by atoms with Crippen LogP contribution < -0.4 is 0 Å². The fourth-order valence-corrected chi connectivity index (χ4v) is 9.35. The van der Waals surface area contributed by atoms with Crippen molar-refractivity contribution >= 4 is 34.9 Å². The van der Waals surface area contributed by atoms with Gasteiger partial charge in [-0.15, -0.1) is 11.8 Å². The lowest BCUT2D eigenvalue weighted by molar-refractivity contribution is -0.231. The number of fused-ring (bicyclic) bond motifs is 1. The Morgan fingerprint density at radius 2 is 1.38 bits per heavy atom. The molecule has 5 aromatic rings. The SMILES string of the molecule is CC(C)(C)ON(C=O)[C@@H](CSC(c1ccccc1)(c1ccccc1)c1ccccc1)CN1CCN(C(=O)c2cccc3ccccc23)C[C@@H]1CCOC1CC1. The molecule has 0 bridgehead atoms. The highest BCUT2D eigenvalue weighted by atomic mass is 32.2. The van der Waals surface area contributed by atoms with Crippen LogP contribution in [-0.2, 0) is 19.1 Å². The minimum absolute atomic E-state index is 0.0455. The smallest absolute Gasteiger partial charge is 0.254 e. The predicted octanol–water partition coefficient (Wildman–Crippen LogP) is 8.82. The number of nitrogens with zero attached hydrogens (tertiary/aromatic N) is 3. The molecule has 286 valence electrons. The van der Waals surface area contributed by atoms with Gasteiger partial charge < -0.3 is 9.64 Å². The van der Waals surface area contributed by atoms with Gasteiger partial charge in [-0.1, -0.05) is 127 Å². The second-order valence-corrected chi connectivity index (χ2v) is 16.9. The van der Waals surface area contributed by atoms with Gasteiger partial charge in [0.15, 0.2) is 0 Å². The number of benzene rings is 5. The van der Waals surface area contributed by atoms with Crippen LogP contribution in [0, 0.1) is 0 Å². The third-order valence-corrected chi connectivity index (χ3v) is 12.3. The third kappa shape index (κ3) is 9.33. The van der Waals surface area contributed by atoms with Gasteiger partial charge in [-0.2, -0.15) is 0 Å². The number of hydrogen-bond donors (Lipinski definition) is 0. The quantitative estimate of drug-likeness (QED) is 0.0570. The van der Waals surface area contributed by atoms with Gasteiger partial charge in [-0.3, -0.25) is 19.3 Å². The molecular weight excluding hydrogens is 703 g/mol. The van der Waals surface area contributed by atoms with Gasteiger partial charge in [-0.25, -0.2) is 5.06 Å². The van der Waals surface area contributed by atoms with Gasteiger partial charge in [0.1, 0.15) is 0 Å². The Balaban J connectivity index is 1.20. The molecule has 5 aromatic carbocycles. The van der Waals surface area contributed by atoms with Crippen molar-refractivity contribution in [2.75, 3.05) is 38.5 Å². The van der Waals surface area contributed by atoms with Gasteiger partial charge >= 0.3 is 0 Å². The summed E-state index contributed by atoms with van der Waals surface area (Å²) in [7, 11) is 0. The lowest BCUT2D eigenvalue weighted by atomic mass is 9.84. The predicted molar refractivity (Wildman–Crippen MR) is 223 cm³/mol. The van der Waals surface area contributed by atoms with Gasteiger partial charge in [0.2, 0.25) is 6.41 Å². The minimum Gasteiger partial charge on any atom is -0.378 e. The highest BCUT2D eigenvalue weighted by Crippen LogP contribution is 2.49. The standard InChI is InChI=1S/C47H53N3O4S/c1-46(2,3)54-50(35-51)41(34-55-47(37-18-7-4-8-19-37,38-20-9-5-10-21-38)39-22-11-6-12-23-39)33-48-29-30-49(32-40(48)28-31-53-42-26-27-42)45(52)44-25-15-17-36-16-13-14-24-43(36)44/h4-25,35,40-42H,26-34H2,1-3H3/t40-,41+/m0/s1. The number of thioether (sulfide) groups is 1. The summed E-state index contributed by atoms with van der Waals surface area (Å²) in [6, 6.07) is 45.8. The fraction of sp³-hybridized carbons (Fsp3) is 0.362. The van der Waals surface area contributed by atoms with E-state index in [1.165, 1.54) is 16.7 Å². The van der Waals surface area contributed by atoms with Crippen molar-refractivity contribution in [3.05, 3.63) is 156 Å². The van der Waals surface area contributed by atoms with Crippen molar-refractivity contribution in [2.45, 2.75) is 68.6 Å². The molecule has 0 unspecified atom stereocenters. The third-order valence-electron chi connectivity index (χ3n) is 10.6. The van der Waals surface area contributed by atoms with Crippen LogP contribution in [0.2, 0.25) is 0 Å². The Morgan fingerprint density at radius 3 is 1.96 bits per heavy atom. The zero-order valence-corrected chi connectivity index (χ0v) is 33.1. The molecule has 1 aliphatic carbocycles. The van der Waals surface area contributed by atoms with Gasteiger partial charge in [0.05, 0.1) is 22.5 Å². The second-order valence-electron chi connectivity index (χ2n) is 15.7. The molecule has 1 saturated heterocycles. The lowest BCUT2D eigenvalue weighted by Gasteiger charge is -2.45. The largest absolute Gasteiger partial charge is 0.378 e. The molecule has 0 radical (unpaired) electrons. The molecule has 2 atom stereocenters. The van der Waals surface area contributed by atoms with Crippen molar-refractivity contribution in [3.63, 3.8) is 0 Å². The Labute approximate surface area is 330 Å². The summed E-state index contributed by atoms with van der Waals surface area (Å²) < 4.78 is 5.64. The number of amides is 2. The average Bonchev–Trinajstić information content (AvgIpc) is 4.05. The summed E-state index contributed by atoms with van der Waals surface area (Å²) >= 11 is 1.83. The molecule has 2 aliphatic rings. The molecule has 8 heteroatoms. The van der Waals surface area contributed by atoms with E-state index in [0.29, 0.717) is 44.6 Å². The Kier molecular flexibility index (Phi) is 12.4. The van der Waals surface area contributed by atoms with E-state index >= 15 is 0 Å². The topological polar surface area (TPSA) is 62.3 Å². The van der Waals surface area contributed by atoms with E-state index in [2.05, 4.69) is 108 Å². The summed E-state index contributed by atoms with van der Waals surface area (Å²) in [6.45, 7) is 9.00. The first-order chi connectivity index (χ1) is 26.7. The van der Waals surface area contributed by atoms with Gasteiger partial charge in [0, 0.05) is 50.1 Å². The van der Waals surface area contributed by atoms with E-state index in [0.717, 1.165) is 42.0 Å². The van der Waals surface area contributed by atoms with Gasteiger partial charge in [-0.05, 0) is 73.6 Å². The van der Waals surface area contributed by atoms with E-state index in [4.69, 9.17) is 9.57 Å². The van der Waals surface area contributed by atoms with Crippen LogP contribution in [0.25, 0.3) is 10.8 Å². The van der Waals surface area contributed by atoms with E-state index in [1.54, 1.807) is 5.06 Å². The molecule has 0 N–H and O–H groups in total. The normalized spacial score (nSPS) is 17.2. The number of hydrogen-bond acceptors (Lipinski definition) is 6. The molecule has 1 heterocycles. The lowest BCUT2D eigenvalue weighted by Crippen LogP contribution is -2.58. The first-order valence-electron chi connectivity index (χ1n) is 19.6. The first kappa shape index (κ1) is 38.8. The summed E-state index contributed by atoms with van der Waals surface area (Å²) in [5, 5.41) is 3.58. The minimum atomic E-state index is -0.583. The number of hydroxylamine groups is 2. The van der Waals surface area contributed by atoms with E-state index in [1.807, 2.05) is 67.8 Å². The number of ether oxygens (including phenoxy) is 1. The zero-order valence-electron chi connectivity index (χ0n) is 32.3. The molecule has 1 aliphatic heterocycles. The number of carbonyl (C=O) groups excluding carboxylic acids is 2. The Bertz CT molecular complexity index is 1900. The molecule has 0 aromatic heterocycles. The van der Waals surface area contributed by atoms with Crippen LogP contribution in [0.5, 0.6) is 0 Å². The monoisotopic (exact) mass is 755 g/mol. The van der Waals surface area contributed by atoms with Crippen molar-refractivity contribution in [1.29, 1.82) is 0 Å². The summed E-state index contributed by atoms with van der Waals surface area (Å²) in [5.41, 5.74) is 3.66. The van der Waals surface area contributed by atoms with E-state index in [9.17, 15) is 9.59 Å². The van der Waals surface area contributed by atoms with Crippen molar-refractivity contribution in [1.82, 2.24) is 14.9 Å². The highest BCUT2D eigenvalue weighted by Gasteiger charge is 2.40. The molecule has 7 rings (SSSR count). The molecule has 2 amide bonds. The summed E-state index contributed by atoms with van der Waals surface area (Å²) in [5.74, 6) is 0.647. The van der Waals surface area contributed by atoms with Crippen molar-refractivity contribution < 1.29 is 19.2 Å². The van der Waals surface area contributed by atoms with E-state index in [-0.39, 0.29) is 18.0 Å². The second kappa shape index (κ2) is 17.5. The van der Waals surface area contributed by atoms with Crippen molar-refractivity contribution in [2.24, 2.45) is 0 Å². The maximum absolute atomic E-state index is 14.2. The summed E-state index contributed by atoms with van der Waals surface area (Å²) in [4.78, 5) is 38.1. The first-order valence-corrected chi connectivity index (χ1v) is 20.6. The Morgan fingerprint density at radius 1 is 0.800 bits per heavy atom. The maximum atomic E-state index is 14.2. The van der Waals surface area contributed by atoms with Crippen LogP contribution in [0.1, 0.15) is 67.1 Å². The van der Waals surface area contributed by atoms with E-state index < -0.39 is 10.3 Å². The molecule has 0 spiro atoms. The molecule has 1 saturated carbocycles. The van der Waals surface area contributed by atoms with Crippen LogP contribution in [-0.4, -0.2) is 89.5 Å². The Hall–Kier alpha value is -4.47. The fourth-order valence-electron chi connectivity index (χ4n) is 7.74. The van der Waals surface area contributed by atoms with Gasteiger partial charge in [0.25, 0.3) is 5.91 Å².